The SMILES string of the molecule is COC(=O)[C@H]1COCCCN1.Cl. The summed E-state index contributed by atoms with van der Waals surface area (Å²) < 4.78 is 9.73. The fourth-order valence-corrected chi connectivity index (χ4v) is 1.00. The molecular weight excluding hydrogens is 182 g/mol. The number of hydrogen-bond acceptors (Lipinski definition) is 4. The maximum Gasteiger partial charge on any atom is 0.325 e. The van der Waals surface area contributed by atoms with E-state index in [0.29, 0.717) is 6.61 Å². The van der Waals surface area contributed by atoms with Crippen LogP contribution in [0.1, 0.15) is 6.42 Å². The molecule has 1 saturated heterocycles. The van der Waals surface area contributed by atoms with Crippen molar-refractivity contribution in [3.8, 4) is 0 Å². The minimum absolute atomic E-state index is 0. The summed E-state index contributed by atoms with van der Waals surface area (Å²) >= 11 is 0. The Morgan fingerprint density at radius 3 is 3.08 bits per heavy atom. The highest BCUT2D eigenvalue weighted by atomic mass is 35.5. The zero-order valence-electron chi connectivity index (χ0n) is 7.04. The molecule has 5 heteroatoms. The third-order valence-corrected chi connectivity index (χ3v) is 1.63. The van der Waals surface area contributed by atoms with Crippen LogP contribution in [0.15, 0.2) is 0 Å². The number of hydrogen-bond donors (Lipinski definition) is 1. The number of rotatable bonds is 1. The monoisotopic (exact) mass is 195 g/mol. The summed E-state index contributed by atoms with van der Waals surface area (Å²) in [4.78, 5) is 11.0. The minimum atomic E-state index is -0.275. The van der Waals surface area contributed by atoms with Gasteiger partial charge >= 0.3 is 5.97 Å². The summed E-state index contributed by atoms with van der Waals surface area (Å²) in [6, 6.07) is -0.275. The van der Waals surface area contributed by atoms with Crippen LogP contribution in [-0.2, 0) is 14.3 Å². The summed E-state index contributed by atoms with van der Waals surface area (Å²) in [7, 11) is 1.38. The highest BCUT2D eigenvalue weighted by Gasteiger charge is 2.19. The zero-order chi connectivity index (χ0) is 8.10. The number of carbonyl (C=O) groups is 1. The number of carbonyl (C=O) groups excluding carboxylic acids is 1. The Balaban J connectivity index is 0.00000121. The van der Waals surface area contributed by atoms with Crippen molar-refractivity contribution < 1.29 is 14.3 Å². The van der Waals surface area contributed by atoms with Crippen molar-refractivity contribution in [1.29, 1.82) is 0 Å². The van der Waals surface area contributed by atoms with Crippen molar-refractivity contribution >= 4 is 18.4 Å². The number of esters is 1. The second-order valence-electron chi connectivity index (χ2n) is 2.46. The number of methoxy groups -OCH3 is 1. The first-order valence-electron chi connectivity index (χ1n) is 3.73. The Labute approximate surface area is 78.0 Å². The Morgan fingerprint density at radius 1 is 1.67 bits per heavy atom. The molecule has 0 bridgehead atoms. The summed E-state index contributed by atoms with van der Waals surface area (Å²) in [6.07, 6.45) is 0.952. The molecule has 0 unspecified atom stereocenters. The van der Waals surface area contributed by atoms with E-state index in [-0.39, 0.29) is 24.4 Å². The van der Waals surface area contributed by atoms with Gasteiger partial charge in [-0.2, -0.15) is 0 Å². The van der Waals surface area contributed by atoms with E-state index in [1.54, 1.807) is 0 Å². The Bertz CT molecular complexity index is 135. The molecule has 1 atom stereocenters. The van der Waals surface area contributed by atoms with Gasteiger partial charge in [-0.15, -0.1) is 12.4 Å². The molecule has 72 valence electrons. The molecule has 4 nitrogen and oxygen atoms in total. The lowest BCUT2D eigenvalue weighted by molar-refractivity contribution is -0.144. The fraction of sp³-hybridized carbons (Fsp3) is 0.857. The van der Waals surface area contributed by atoms with Crippen LogP contribution < -0.4 is 5.32 Å². The highest BCUT2D eigenvalue weighted by molar-refractivity contribution is 5.85. The molecule has 1 aliphatic heterocycles. The summed E-state index contributed by atoms with van der Waals surface area (Å²) in [5.74, 6) is -0.244. The molecule has 0 aliphatic carbocycles. The lowest BCUT2D eigenvalue weighted by Crippen LogP contribution is -2.39. The first-order chi connectivity index (χ1) is 5.34. The smallest absolute Gasteiger partial charge is 0.325 e. The van der Waals surface area contributed by atoms with Gasteiger partial charge < -0.3 is 14.8 Å². The predicted octanol–water partition coefficient (Wildman–Crippen LogP) is -0.0403. The highest BCUT2D eigenvalue weighted by Crippen LogP contribution is 1.96. The lowest BCUT2D eigenvalue weighted by atomic mass is 10.3. The molecule has 0 aromatic carbocycles. The van der Waals surface area contributed by atoms with E-state index >= 15 is 0 Å². The summed E-state index contributed by atoms with van der Waals surface area (Å²) in [6.45, 7) is 1.97. The van der Waals surface area contributed by atoms with E-state index in [1.807, 2.05) is 0 Å². The minimum Gasteiger partial charge on any atom is -0.468 e. The third kappa shape index (κ3) is 3.38. The summed E-state index contributed by atoms with van der Waals surface area (Å²) in [5, 5.41) is 3.03. The van der Waals surface area contributed by atoms with Crippen LogP contribution in [0, 0.1) is 0 Å². The van der Waals surface area contributed by atoms with Crippen molar-refractivity contribution in [2.45, 2.75) is 12.5 Å². The number of halogens is 1. The molecule has 0 aromatic rings. The topological polar surface area (TPSA) is 47.6 Å². The molecule has 1 N–H and O–H groups in total. The van der Waals surface area contributed by atoms with Crippen molar-refractivity contribution in [2.24, 2.45) is 0 Å². The normalized spacial score (nSPS) is 23.6. The van der Waals surface area contributed by atoms with Crippen molar-refractivity contribution in [2.75, 3.05) is 26.9 Å². The van der Waals surface area contributed by atoms with Crippen molar-refractivity contribution in [3.05, 3.63) is 0 Å². The van der Waals surface area contributed by atoms with E-state index < -0.39 is 0 Å². The van der Waals surface area contributed by atoms with Gasteiger partial charge in [0.1, 0.15) is 6.04 Å². The Morgan fingerprint density at radius 2 is 2.42 bits per heavy atom. The Kier molecular flexibility index (Phi) is 6.06. The van der Waals surface area contributed by atoms with Crippen LogP contribution in [0.25, 0.3) is 0 Å². The molecular formula is C7H14ClNO3. The molecule has 1 aliphatic rings. The molecule has 0 radical (unpaired) electrons. The van der Waals surface area contributed by atoms with Crippen LogP contribution in [0.3, 0.4) is 0 Å². The predicted molar refractivity (Wildman–Crippen MR) is 46.5 cm³/mol. The number of ether oxygens (including phenoxy) is 2. The van der Waals surface area contributed by atoms with E-state index in [0.717, 1.165) is 19.6 Å². The van der Waals surface area contributed by atoms with E-state index in [1.165, 1.54) is 7.11 Å². The lowest BCUT2D eigenvalue weighted by Gasteiger charge is -2.11. The molecule has 0 saturated carbocycles. The van der Waals surface area contributed by atoms with Gasteiger partial charge in [-0.3, -0.25) is 4.79 Å². The largest absolute Gasteiger partial charge is 0.468 e. The van der Waals surface area contributed by atoms with Gasteiger partial charge in [0.25, 0.3) is 0 Å². The average Bonchev–Trinajstić information content (AvgIpc) is 2.30. The second-order valence-corrected chi connectivity index (χ2v) is 2.46. The number of nitrogens with one attached hydrogen (secondary N) is 1. The molecule has 0 spiro atoms. The van der Waals surface area contributed by atoms with Gasteiger partial charge in [0.15, 0.2) is 0 Å². The van der Waals surface area contributed by atoms with Gasteiger partial charge in [0, 0.05) is 6.61 Å². The molecule has 1 rings (SSSR count). The van der Waals surface area contributed by atoms with Crippen LogP contribution in [-0.4, -0.2) is 38.9 Å². The first-order valence-corrected chi connectivity index (χ1v) is 3.73. The van der Waals surface area contributed by atoms with Crippen LogP contribution >= 0.6 is 12.4 Å². The summed E-state index contributed by atoms with van der Waals surface area (Å²) in [5.41, 5.74) is 0. The fourth-order valence-electron chi connectivity index (χ4n) is 1.00. The quantitative estimate of drug-likeness (QED) is 0.597. The van der Waals surface area contributed by atoms with E-state index in [9.17, 15) is 4.79 Å². The van der Waals surface area contributed by atoms with Crippen molar-refractivity contribution in [3.63, 3.8) is 0 Å². The Hall–Kier alpha value is -0.320. The second kappa shape index (κ2) is 6.22. The maximum atomic E-state index is 11.0. The first kappa shape index (κ1) is 11.7. The standard InChI is InChI=1S/C7H13NO3.ClH/c1-10-7(9)6-5-11-4-2-3-8-6;/h6,8H,2-5H2,1H3;1H/t6-;/m1./s1. The average molecular weight is 196 g/mol. The molecule has 0 aromatic heterocycles. The molecule has 0 amide bonds. The molecule has 1 fully saturated rings. The van der Waals surface area contributed by atoms with Crippen molar-refractivity contribution in [1.82, 2.24) is 5.32 Å². The molecule has 1 heterocycles. The van der Waals surface area contributed by atoms with E-state index in [4.69, 9.17) is 4.74 Å². The third-order valence-electron chi connectivity index (χ3n) is 1.63. The van der Waals surface area contributed by atoms with Crippen LogP contribution in [0.5, 0.6) is 0 Å². The van der Waals surface area contributed by atoms with Gasteiger partial charge in [0.2, 0.25) is 0 Å². The van der Waals surface area contributed by atoms with Crippen LogP contribution in [0.2, 0.25) is 0 Å². The van der Waals surface area contributed by atoms with Crippen LogP contribution in [0.4, 0.5) is 0 Å². The maximum absolute atomic E-state index is 11.0. The molecule has 12 heavy (non-hydrogen) atoms. The van der Waals surface area contributed by atoms with Gasteiger partial charge in [-0.05, 0) is 13.0 Å². The van der Waals surface area contributed by atoms with Gasteiger partial charge in [-0.25, -0.2) is 0 Å². The van der Waals surface area contributed by atoms with Gasteiger partial charge in [0.05, 0.1) is 13.7 Å². The van der Waals surface area contributed by atoms with Gasteiger partial charge in [-0.1, -0.05) is 0 Å². The zero-order valence-corrected chi connectivity index (χ0v) is 7.86. The van der Waals surface area contributed by atoms with E-state index in [2.05, 4.69) is 10.1 Å².